The van der Waals surface area contributed by atoms with Gasteiger partial charge in [0.15, 0.2) is 0 Å². The van der Waals surface area contributed by atoms with Crippen molar-refractivity contribution in [2.24, 2.45) is 0 Å². The van der Waals surface area contributed by atoms with Crippen LogP contribution in [-0.4, -0.2) is 24.5 Å². The minimum atomic E-state index is -0.763. The van der Waals surface area contributed by atoms with Crippen LogP contribution in [0.1, 0.15) is 72.6 Å². The summed E-state index contributed by atoms with van der Waals surface area (Å²) >= 11 is 24.6. The molecule has 0 aliphatic heterocycles. The van der Waals surface area contributed by atoms with Gasteiger partial charge in [-0.25, -0.2) is 4.79 Å². The first kappa shape index (κ1) is 21.6. The lowest BCUT2D eigenvalue weighted by Crippen LogP contribution is -2.36. The fourth-order valence-electron chi connectivity index (χ4n) is 3.10. The molecule has 2 rings (SSSR count). The van der Waals surface area contributed by atoms with Crippen molar-refractivity contribution >= 4 is 58.3 Å². The molecule has 4 nitrogen and oxygen atoms in total. The van der Waals surface area contributed by atoms with Crippen molar-refractivity contribution in [3.8, 4) is 0 Å². The van der Waals surface area contributed by atoms with E-state index in [2.05, 4.69) is 5.32 Å². The van der Waals surface area contributed by atoms with Gasteiger partial charge in [0.05, 0.1) is 37.8 Å². The quantitative estimate of drug-likeness (QED) is 0.338. The molecular formula is C18H21Cl4NO3. The second-order valence-corrected chi connectivity index (χ2v) is 7.75. The lowest BCUT2D eigenvalue weighted by molar-refractivity contribution is 0.0522. The van der Waals surface area contributed by atoms with E-state index in [-0.39, 0.29) is 43.9 Å². The molecule has 0 aromatic heterocycles. The lowest BCUT2D eigenvalue weighted by atomic mass is 9.96. The highest BCUT2D eigenvalue weighted by Crippen LogP contribution is 2.42. The minimum Gasteiger partial charge on any atom is -0.462 e. The number of ether oxygens (including phenoxy) is 1. The molecule has 0 saturated heterocycles. The zero-order valence-corrected chi connectivity index (χ0v) is 17.5. The van der Waals surface area contributed by atoms with Crippen molar-refractivity contribution in [1.82, 2.24) is 5.32 Å². The summed E-state index contributed by atoms with van der Waals surface area (Å²) in [6.45, 7) is 1.77. The Morgan fingerprint density at radius 2 is 1.38 bits per heavy atom. The van der Waals surface area contributed by atoms with E-state index in [0.29, 0.717) is 0 Å². The second-order valence-electron chi connectivity index (χ2n) is 6.24. The molecule has 1 amide bonds. The molecule has 0 radical (unpaired) electrons. The number of hydrogen-bond acceptors (Lipinski definition) is 3. The first-order chi connectivity index (χ1) is 12.4. The van der Waals surface area contributed by atoms with Crippen LogP contribution in [0.2, 0.25) is 20.1 Å². The highest BCUT2D eigenvalue weighted by atomic mass is 35.5. The maximum atomic E-state index is 12.9. The molecule has 0 atom stereocenters. The van der Waals surface area contributed by atoms with Gasteiger partial charge in [0.25, 0.3) is 5.91 Å². The molecule has 1 aromatic carbocycles. The standard InChI is InChI=1S/C18H21Cl4NO3/c1-2-26-18(25)12-11(13(19)15(21)16(22)14(12)20)17(24)23-10-8-6-4-3-5-7-9-10/h10H,2-9H2,1H3,(H,23,24). The summed E-state index contributed by atoms with van der Waals surface area (Å²) in [6.07, 6.45) is 7.39. The van der Waals surface area contributed by atoms with Gasteiger partial charge in [0, 0.05) is 6.04 Å². The average Bonchev–Trinajstić information content (AvgIpc) is 2.58. The van der Waals surface area contributed by atoms with Crippen LogP contribution in [-0.2, 0) is 4.74 Å². The molecule has 0 bridgehead atoms. The van der Waals surface area contributed by atoms with Gasteiger partial charge in [0.2, 0.25) is 0 Å². The highest BCUT2D eigenvalue weighted by molar-refractivity contribution is 6.54. The van der Waals surface area contributed by atoms with Crippen molar-refractivity contribution in [2.45, 2.75) is 57.9 Å². The predicted octanol–water partition coefficient (Wildman–Crippen LogP) is 6.32. The molecule has 1 aromatic rings. The monoisotopic (exact) mass is 439 g/mol. The number of halogens is 4. The van der Waals surface area contributed by atoms with Crippen LogP contribution in [0, 0.1) is 0 Å². The summed E-state index contributed by atoms with van der Waals surface area (Å²) < 4.78 is 5.01. The SMILES string of the molecule is CCOC(=O)c1c(Cl)c(Cl)c(Cl)c(Cl)c1C(=O)NC1CCCCCCC1. The third kappa shape index (κ3) is 4.98. The molecule has 1 N–H and O–H groups in total. The van der Waals surface area contributed by atoms with E-state index in [1.165, 1.54) is 6.42 Å². The van der Waals surface area contributed by atoms with Gasteiger partial charge in [-0.1, -0.05) is 78.5 Å². The molecule has 144 valence electrons. The lowest BCUT2D eigenvalue weighted by Gasteiger charge is -2.22. The molecule has 26 heavy (non-hydrogen) atoms. The van der Waals surface area contributed by atoms with Crippen molar-refractivity contribution in [3.63, 3.8) is 0 Å². The molecule has 1 fully saturated rings. The third-order valence-electron chi connectivity index (χ3n) is 4.41. The van der Waals surface area contributed by atoms with Crippen molar-refractivity contribution in [3.05, 3.63) is 31.2 Å². The Balaban J connectivity index is 2.39. The van der Waals surface area contributed by atoms with Crippen LogP contribution >= 0.6 is 46.4 Å². The maximum absolute atomic E-state index is 12.9. The predicted molar refractivity (Wildman–Crippen MR) is 106 cm³/mol. The van der Waals surface area contributed by atoms with E-state index in [0.717, 1.165) is 38.5 Å². The largest absolute Gasteiger partial charge is 0.462 e. The number of hydrogen-bond donors (Lipinski definition) is 1. The van der Waals surface area contributed by atoms with E-state index >= 15 is 0 Å². The molecule has 1 saturated carbocycles. The smallest absolute Gasteiger partial charge is 0.340 e. The number of amides is 1. The second kappa shape index (κ2) is 10.0. The number of rotatable bonds is 4. The van der Waals surface area contributed by atoms with Gasteiger partial charge < -0.3 is 10.1 Å². The number of carbonyl (C=O) groups excluding carboxylic acids is 2. The topological polar surface area (TPSA) is 55.4 Å². The third-order valence-corrected chi connectivity index (χ3v) is 6.22. The fraction of sp³-hybridized carbons (Fsp3) is 0.556. The van der Waals surface area contributed by atoms with E-state index < -0.39 is 11.9 Å². The van der Waals surface area contributed by atoms with Crippen LogP contribution < -0.4 is 5.32 Å². The Morgan fingerprint density at radius 3 is 1.92 bits per heavy atom. The summed E-state index contributed by atoms with van der Waals surface area (Å²) in [5.41, 5.74) is -0.247. The average molecular weight is 441 g/mol. The van der Waals surface area contributed by atoms with Gasteiger partial charge >= 0.3 is 5.97 Å². The number of nitrogens with one attached hydrogen (secondary N) is 1. The zero-order chi connectivity index (χ0) is 19.3. The molecule has 1 aliphatic carbocycles. The molecular weight excluding hydrogens is 420 g/mol. The summed E-state index contributed by atoms with van der Waals surface area (Å²) in [6, 6.07) is 0.0159. The first-order valence-electron chi connectivity index (χ1n) is 8.72. The highest BCUT2D eigenvalue weighted by Gasteiger charge is 2.30. The Bertz CT molecular complexity index is 686. The Labute approximate surface area is 173 Å². The van der Waals surface area contributed by atoms with Crippen molar-refractivity contribution in [2.75, 3.05) is 6.61 Å². The minimum absolute atomic E-state index is 0.0159. The molecule has 1 aliphatic rings. The molecule has 0 heterocycles. The normalized spacial score (nSPS) is 15.9. The van der Waals surface area contributed by atoms with Crippen molar-refractivity contribution in [1.29, 1.82) is 0 Å². The number of carbonyl (C=O) groups is 2. The summed E-state index contributed by atoms with van der Waals surface area (Å²) in [7, 11) is 0. The van der Waals surface area contributed by atoms with Gasteiger partial charge in [0.1, 0.15) is 0 Å². The summed E-state index contributed by atoms with van der Waals surface area (Å²) in [5, 5.41) is 2.58. The Hall–Kier alpha value is -0.680. The summed E-state index contributed by atoms with van der Waals surface area (Å²) in [5.74, 6) is -1.26. The van der Waals surface area contributed by atoms with E-state index in [1.54, 1.807) is 6.92 Å². The van der Waals surface area contributed by atoms with E-state index in [9.17, 15) is 9.59 Å². The Morgan fingerprint density at radius 1 is 0.885 bits per heavy atom. The first-order valence-corrected chi connectivity index (χ1v) is 10.2. The van der Waals surface area contributed by atoms with E-state index in [4.69, 9.17) is 51.1 Å². The molecule has 0 spiro atoms. The number of benzene rings is 1. The van der Waals surface area contributed by atoms with Crippen LogP contribution in [0.25, 0.3) is 0 Å². The van der Waals surface area contributed by atoms with Crippen LogP contribution in [0.4, 0.5) is 0 Å². The van der Waals surface area contributed by atoms with Crippen LogP contribution in [0.15, 0.2) is 0 Å². The summed E-state index contributed by atoms with van der Waals surface area (Å²) in [4.78, 5) is 25.3. The van der Waals surface area contributed by atoms with Gasteiger partial charge in [-0.3, -0.25) is 4.79 Å². The van der Waals surface area contributed by atoms with Gasteiger partial charge in [-0.05, 0) is 19.8 Å². The van der Waals surface area contributed by atoms with Gasteiger partial charge in [-0.2, -0.15) is 0 Å². The van der Waals surface area contributed by atoms with Crippen molar-refractivity contribution < 1.29 is 14.3 Å². The van der Waals surface area contributed by atoms with Crippen LogP contribution in [0.3, 0.4) is 0 Å². The Kier molecular flexibility index (Phi) is 8.34. The molecule has 8 heteroatoms. The van der Waals surface area contributed by atoms with E-state index in [1.807, 2.05) is 0 Å². The fourth-order valence-corrected chi connectivity index (χ4v) is 4.11. The molecule has 0 unspecified atom stereocenters. The van der Waals surface area contributed by atoms with Crippen LogP contribution in [0.5, 0.6) is 0 Å². The van der Waals surface area contributed by atoms with Gasteiger partial charge in [-0.15, -0.1) is 0 Å². The zero-order valence-electron chi connectivity index (χ0n) is 14.5. The number of esters is 1. The maximum Gasteiger partial charge on any atom is 0.340 e.